The number of likely N-dealkylation sites (tertiary alicyclic amines) is 1. The Morgan fingerprint density at radius 1 is 1.15 bits per heavy atom. The summed E-state index contributed by atoms with van der Waals surface area (Å²) in [6, 6.07) is 7.66. The lowest BCUT2D eigenvalue weighted by molar-refractivity contribution is -0.142. The van der Waals surface area contributed by atoms with Gasteiger partial charge in [0, 0.05) is 24.0 Å². The van der Waals surface area contributed by atoms with Gasteiger partial charge in [-0.3, -0.25) is 24.2 Å². The smallest absolute Gasteiger partial charge is 0.247 e. The molecule has 4 rings (SSSR count). The van der Waals surface area contributed by atoms with E-state index in [1.54, 1.807) is 15.2 Å². The van der Waals surface area contributed by atoms with E-state index in [2.05, 4.69) is 0 Å². The highest BCUT2D eigenvalue weighted by Gasteiger charge is 2.44. The Morgan fingerprint density at radius 3 is 2.50 bits per heavy atom. The minimum atomic E-state index is -0.606. The molecule has 0 radical (unpaired) electrons. The van der Waals surface area contributed by atoms with Crippen LogP contribution in [0.1, 0.15) is 31.6 Å². The number of hydrogen-bond acceptors (Lipinski definition) is 6. The van der Waals surface area contributed by atoms with E-state index in [0.29, 0.717) is 0 Å². The van der Waals surface area contributed by atoms with Gasteiger partial charge in [-0.05, 0) is 19.9 Å². The van der Waals surface area contributed by atoms with Gasteiger partial charge in [-0.1, -0.05) is 51.1 Å². The van der Waals surface area contributed by atoms with E-state index in [0.717, 1.165) is 30.4 Å². The van der Waals surface area contributed by atoms with Crippen molar-refractivity contribution in [3.05, 3.63) is 33.0 Å². The number of rotatable bonds is 2. The van der Waals surface area contributed by atoms with E-state index < -0.39 is 5.54 Å². The first kappa shape index (κ1) is 17.5. The maximum atomic E-state index is 13.2. The molecule has 26 heavy (non-hydrogen) atoms. The number of carbonyl (C=O) groups excluding carboxylic acids is 3. The van der Waals surface area contributed by atoms with E-state index in [1.807, 2.05) is 38.1 Å². The number of benzene rings is 1. The molecular formula is C18H16N2O3S3. The fraction of sp³-hybridized carbons (Fsp3) is 0.333. The summed E-state index contributed by atoms with van der Waals surface area (Å²) in [6.07, 6.45) is 0.365. The lowest BCUT2D eigenvalue weighted by Gasteiger charge is -2.43. The summed E-state index contributed by atoms with van der Waals surface area (Å²) in [5.41, 5.74) is 2.11. The zero-order chi connectivity index (χ0) is 18.6. The third-order valence-corrected chi connectivity index (χ3v) is 8.19. The normalized spacial score (nSPS) is 18.1. The van der Waals surface area contributed by atoms with Crippen molar-refractivity contribution >= 4 is 56.3 Å². The molecule has 134 valence electrons. The van der Waals surface area contributed by atoms with Crippen LogP contribution in [0.2, 0.25) is 0 Å². The number of carbonyl (C=O) groups is 3. The molecular weight excluding hydrogens is 388 g/mol. The fourth-order valence-electron chi connectivity index (χ4n) is 3.63. The maximum Gasteiger partial charge on any atom is 0.247 e. The highest BCUT2D eigenvalue weighted by Crippen LogP contribution is 2.51. The van der Waals surface area contributed by atoms with E-state index in [9.17, 15) is 14.4 Å². The van der Waals surface area contributed by atoms with Crippen LogP contribution in [0.5, 0.6) is 0 Å². The molecule has 2 aliphatic heterocycles. The summed E-state index contributed by atoms with van der Waals surface area (Å²) in [6.45, 7) is 3.73. The van der Waals surface area contributed by atoms with Gasteiger partial charge in [0.05, 0.1) is 16.1 Å². The molecule has 0 spiro atoms. The topological polar surface area (TPSA) is 57.7 Å². The molecule has 8 heteroatoms. The predicted octanol–water partition coefficient (Wildman–Crippen LogP) is 3.94. The van der Waals surface area contributed by atoms with Crippen LogP contribution in [-0.4, -0.2) is 29.2 Å². The van der Waals surface area contributed by atoms with Gasteiger partial charge in [0.15, 0.2) is 0 Å². The standard InChI is InChI=1S/C18H16N2O3S3/c1-18(2)16-15(17(24)26-25-16)10-5-3-4-6-11(10)20(18)14(23)9-19-12(21)7-8-13(19)22/h3-6H,7-9H2,1-2H3. The third kappa shape index (κ3) is 2.47. The Hall–Kier alpha value is -1.90. The molecule has 1 saturated heterocycles. The molecule has 1 aromatic heterocycles. The quantitative estimate of drug-likeness (QED) is 0.432. The van der Waals surface area contributed by atoms with Gasteiger partial charge in [0.2, 0.25) is 17.7 Å². The van der Waals surface area contributed by atoms with Gasteiger partial charge in [0.25, 0.3) is 0 Å². The van der Waals surface area contributed by atoms with Crippen LogP contribution in [0.4, 0.5) is 5.69 Å². The molecule has 0 saturated carbocycles. The SMILES string of the molecule is CC1(C)c2ssc(=S)c2-c2ccccc2N1C(=O)CN1C(=O)CCC1=O. The molecule has 2 aliphatic rings. The number of imide groups is 1. The lowest BCUT2D eigenvalue weighted by Crippen LogP contribution is -2.52. The number of para-hydroxylation sites is 1. The van der Waals surface area contributed by atoms with E-state index in [1.165, 1.54) is 10.3 Å². The van der Waals surface area contributed by atoms with Crippen molar-refractivity contribution < 1.29 is 14.4 Å². The Bertz CT molecular complexity index is 989. The number of amides is 3. The van der Waals surface area contributed by atoms with Crippen molar-refractivity contribution in [3.8, 4) is 11.1 Å². The summed E-state index contributed by atoms with van der Waals surface area (Å²) in [5.74, 6) is -0.822. The minimum Gasteiger partial charge on any atom is -0.300 e. The van der Waals surface area contributed by atoms with E-state index >= 15 is 0 Å². The molecule has 0 bridgehead atoms. The van der Waals surface area contributed by atoms with Crippen molar-refractivity contribution in [2.75, 3.05) is 11.4 Å². The van der Waals surface area contributed by atoms with Crippen LogP contribution in [0.25, 0.3) is 11.1 Å². The summed E-state index contributed by atoms with van der Waals surface area (Å²) in [5, 5.41) is 0. The number of nitrogens with zero attached hydrogens (tertiary/aromatic N) is 2. The zero-order valence-electron chi connectivity index (χ0n) is 14.3. The van der Waals surface area contributed by atoms with Crippen LogP contribution in [0.15, 0.2) is 24.3 Å². The van der Waals surface area contributed by atoms with Crippen LogP contribution >= 0.6 is 32.9 Å². The molecule has 0 unspecified atom stereocenters. The molecule has 3 heterocycles. The molecule has 1 fully saturated rings. The first-order chi connectivity index (χ1) is 12.3. The average Bonchev–Trinajstić information content (AvgIpc) is 3.13. The Morgan fingerprint density at radius 2 is 1.81 bits per heavy atom. The maximum absolute atomic E-state index is 13.2. The van der Waals surface area contributed by atoms with Crippen molar-refractivity contribution in [2.24, 2.45) is 0 Å². The summed E-state index contributed by atoms with van der Waals surface area (Å²) in [7, 11) is 3.12. The van der Waals surface area contributed by atoms with Gasteiger partial charge in [-0.15, -0.1) is 0 Å². The Labute approximate surface area is 163 Å². The largest absolute Gasteiger partial charge is 0.300 e. The van der Waals surface area contributed by atoms with E-state index in [4.69, 9.17) is 12.2 Å². The van der Waals surface area contributed by atoms with Crippen LogP contribution < -0.4 is 4.90 Å². The summed E-state index contributed by atoms with van der Waals surface area (Å²) >= 11 is 5.53. The van der Waals surface area contributed by atoms with Gasteiger partial charge in [-0.2, -0.15) is 0 Å². The van der Waals surface area contributed by atoms with Crippen LogP contribution in [0.3, 0.4) is 0 Å². The highest BCUT2D eigenvalue weighted by molar-refractivity contribution is 7.80. The number of hydrogen-bond donors (Lipinski definition) is 0. The Kier molecular flexibility index (Phi) is 4.09. The van der Waals surface area contributed by atoms with Crippen LogP contribution in [-0.2, 0) is 19.9 Å². The van der Waals surface area contributed by atoms with Gasteiger partial charge >= 0.3 is 0 Å². The number of anilines is 1. The summed E-state index contributed by atoms with van der Waals surface area (Å²) < 4.78 is 0.822. The first-order valence-corrected chi connectivity index (χ1v) is 10.8. The lowest BCUT2D eigenvalue weighted by atomic mass is 9.87. The first-order valence-electron chi connectivity index (χ1n) is 8.21. The monoisotopic (exact) mass is 404 g/mol. The number of fused-ring (bicyclic) bond motifs is 3. The van der Waals surface area contributed by atoms with Crippen LogP contribution in [0, 0.1) is 3.82 Å². The molecule has 2 aromatic rings. The van der Waals surface area contributed by atoms with E-state index in [-0.39, 0.29) is 37.1 Å². The van der Waals surface area contributed by atoms with Gasteiger partial charge < -0.3 is 0 Å². The second kappa shape index (κ2) is 6.07. The zero-order valence-corrected chi connectivity index (χ0v) is 16.7. The Balaban J connectivity index is 1.81. The molecule has 5 nitrogen and oxygen atoms in total. The predicted molar refractivity (Wildman–Crippen MR) is 105 cm³/mol. The van der Waals surface area contributed by atoms with Crippen molar-refractivity contribution in [3.63, 3.8) is 0 Å². The van der Waals surface area contributed by atoms with Crippen molar-refractivity contribution in [2.45, 2.75) is 32.2 Å². The molecule has 1 aromatic carbocycles. The summed E-state index contributed by atoms with van der Waals surface area (Å²) in [4.78, 5) is 40.9. The average molecular weight is 405 g/mol. The van der Waals surface area contributed by atoms with Gasteiger partial charge in [0.1, 0.15) is 10.4 Å². The van der Waals surface area contributed by atoms with Crippen molar-refractivity contribution in [1.82, 2.24) is 4.90 Å². The molecule has 0 aliphatic carbocycles. The highest BCUT2D eigenvalue weighted by atomic mass is 32.9. The van der Waals surface area contributed by atoms with Gasteiger partial charge in [-0.25, -0.2) is 0 Å². The molecule has 0 N–H and O–H groups in total. The minimum absolute atomic E-state index is 0.183. The van der Waals surface area contributed by atoms with Crippen molar-refractivity contribution in [1.29, 1.82) is 0 Å². The molecule has 3 amide bonds. The third-order valence-electron chi connectivity index (χ3n) is 4.86. The second-order valence-electron chi connectivity index (χ2n) is 6.84. The fourth-order valence-corrected chi connectivity index (χ4v) is 6.91. The molecule has 0 atom stereocenters. The second-order valence-corrected chi connectivity index (χ2v) is 9.65.